The van der Waals surface area contributed by atoms with Crippen molar-refractivity contribution in [2.75, 3.05) is 33.7 Å². The maximum Gasteiger partial charge on any atom is 0.0682 e. The van der Waals surface area contributed by atoms with Gasteiger partial charge in [-0.2, -0.15) is 0 Å². The third kappa shape index (κ3) is 3.69. The number of likely N-dealkylation sites (tertiary alicyclic amines) is 1. The Hall–Kier alpha value is -0.160. The summed E-state index contributed by atoms with van der Waals surface area (Å²) in [6.45, 7) is 5.03. The first kappa shape index (κ1) is 15.2. The van der Waals surface area contributed by atoms with Crippen molar-refractivity contribution in [3.63, 3.8) is 0 Å². The normalized spacial score (nSPS) is 41.1. The molecule has 5 atom stereocenters. The SMILES string of the molecule is CC1CCC(CN)C(N2CC(O)CC2CN(C)C)C1. The minimum absolute atomic E-state index is 0.152. The van der Waals surface area contributed by atoms with Gasteiger partial charge in [0.15, 0.2) is 0 Å². The molecule has 3 N–H and O–H groups in total. The minimum atomic E-state index is -0.152. The average molecular weight is 269 g/mol. The summed E-state index contributed by atoms with van der Waals surface area (Å²) in [7, 11) is 4.24. The summed E-state index contributed by atoms with van der Waals surface area (Å²) in [6, 6.07) is 1.07. The molecule has 0 amide bonds. The molecule has 1 heterocycles. The smallest absolute Gasteiger partial charge is 0.0682 e. The van der Waals surface area contributed by atoms with Crippen molar-refractivity contribution in [3.05, 3.63) is 0 Å². The monoisotopic (exact) mass is 269 g/mol. The van der Waals surface area contributed by atoms with Crippen molar-refractivity contribution in [1.82, 2.24) is 9.80 Å². The molecule has 5 unspecified atom stereocenters. The number of likely N-dealkylation sites (N-methyl/N-ethyl adjacent to an activating group) is 1. The Balaban J connectivity index is 2.07. The van der Waals surface area contributed by atoms with E-state index >= 15 is 0 Å². The van der Waals surface area contributed by atoms with Crippen LogP contribution in [0.15, 0.2) is 0 Å². The predicted octanol–water partition coefficient (Wildman–Crippen LogP) is 0.747. The van der Waals surface area contributed by atoms with Gasteiger partial charge in [-0.3, -0.25) is 4.90 Å². The summed E-state index contributed by atoms with van der Waals surface area (Å²) in [5.41, 5.74) is 5.99. The van der Waals surface area contributed by atoms with Gasteiger partial charge in [0, 0.05) is 25.2 Å². The number of nitrogens with two attached hydrogens (primary N) is 1. The first-order valence-electron chi connectivity index (χ1n) is 7.79. The molecule has 1 saturated heterocycles. The van der Waals surface area contributed by atoms with Crippen LogP contribution in [0, 0.1) is 11.8 Å². The second-order valence-corrected chi connectivity index (χ2v) is 6.98. The van der Waals surface area contributed by atoms with Crippen LogP contribution in [-0.4, -0.2) is 66.8 Å². The van der Waals surface area contributed by atoms with Crippen molar-refractivity contribution in [3.8, 4) is 0 Å². The zero-order valence-corrected chi connectivity index (χ0v) is 12.8. The fraction of sp³-hybridized carbons (Fsp3) is 1.00. The molecule has 0 aromatic heterocycles. The number of hydrogen-bond acceptors (Lipinski definition) is 4. The Morgan fingerprint density at radius 3 is 2.63 bits per heavy atom. The molecule has 19 heavy (non-hydrogen) atoms. The molecule has 2 fully saturated rings. The Labute approximate surface area is 117 Å². The van der Waals surface area contributed by atoms with Crippen molar-refractivity contribution in [2.45, 2.75) is 50.8 Å². The number of nitrogens with zero attached hydrogens (tertiary/aromatic N) is 2. The van der Waals surface area contributed by atoms with Crippen LogP contribution in [0.3, 0.4) is 0 Å². The van der Waals surface area contributed by atoms with E-state index in [1.54, 1.807) is 0 Å². The molecule has 1 aliphatic carbocycles. The van der Waals surface area contributed by atoms with Crippen molar-refractivity contribution in [1.29, 1.82) is 0 Å². The van der Waals surface area contributed by atoms with Gasteiger partial charge in [-0.1, -0.05) is 13.3 Å². The van der Waals surface area contributed by atoms with Crippen LogP contribution in [0.5, 0.6) is 0 Å². The van der Waals surface area contributed by atoms with Gasteiger partial charge in [0.1, 0.15) is 0 Å². The molecule has 0 radical (unpaired) electrons. The highest BCUT2D eigenvalue weighted by Gasteiger charge is 2.40. The van der Waals surface area contributed by atoms with Crippen LogP contribution in [0.25, 0.3) is 0 Å². The second kappa shape index (κ2) is 6.53. The highest BCUT2D eigenvalue weighted by Crippen LogP contribution is 2.35. The predicted molar refractivity (Wildman–Crippen MR) is 79.0 cm³/mol. The van der Waals surface area contributed by atoms with E-state index in [-0.39, 0.29) is 6.10 Å². The summed E-state index contributed by atoms with van der Waals surface area (Å²) in [4.78, 5) is 4.80. The maximum atomic E-state index is 10.0. The first-order chi connectivity index (χ1) is 9.01. The lowest BCUT2D eigenvalue weighted by atomic mass is 9.78. The topological polar surface area (TPSA) is 52.7 Å². The van der Waals surface area contributed by atoms with Crippen LogP contribution in [0.4, 0.5) is 0 Å². The van der Waals surface area contributed by atoms with Crippen molar-refractivity contribution < 1.29 is 5.11 Å². The van der Waals surface area contributed by atoms with E-state index < -0.39 is 0 Å². The van der Waals surface area contributed by atoms with Gasteiger partial charge < -0.3 is 15.7 Å². The number of hydrogen-bond donors (Lipinski definition) is 2. The second-order valence-electron chi connectivity index (χ2n) is 6.98. The zero-order valence-electron chi connectivity index (χ0n) is 12.8. The average Bonchev–Trinajstić information content (AvgIpc) is 2.69. The van der Waals surface area contributed by atoms with E-state index in [2.05, 4.69) is 30.8 Å². The molecule has 4 heteroatoms. The summed E-state index contributed by atoms with van der Waals surface area (Å²) < 4.78 is 0. The van der Waals surface area contributed by atoms with Crippen molar-refractivity contribution in [2.24, 2.45) is 17.6 Å². The lowest BCUT2D eigenvalue weighted by Crippen LogP contribution is -2.51. The van der Waals surface area contributed by atoms with Crippen LogP contribution in [-0.2, 0) is 0 Å². The van der Waals surface area contributed by atoms with Crippen LogP contribution >= 0.6 is 0 Å². The van der Waals surface area contributed by atoms with E-state index in [1.165, 1.54) is 19.3 Å². The quantitative estimate of drug-likeness (QED) is 0.791. The molecule has 4 nitrogen and oxygen atoms in total. The molecule has 0 spiro atoms. The maximum absolute atomic E-state index is 10.0. The van der Waals surface area contributed by atoms with Crippen LogP contribution < -0.4 is 5.73 Å². The summed E-state index contributed by atoms with van der Waals surface area (Å²) in [5.74, 6) is 1.41. The van der Waals surface area contributed by atoms with E-state index in [0.717, 1.165) is 32.0 Å². The molecular formula is C15H31N3O. The molecule has 0 aromatic rings. The van der Waals surface area contributed by atoms with Crippen LogP contribution in [0.2, 0.25) is 0 Å². The number of aliphatic hydroxyl groups is 1. The molecule has 1 aliphatic heterocycles. The van der Waals surface area contributed by atoms with Gasteiger partial charge >= 0.3 is 0 Å². The molecule has 1 saturated carbocycles. The minimum Gasteiger partial charge on any atom is -0.392 e. The number of aliphatic hydroxyl groups excluding tert-OH is 1. The molecule has 0 bridgehead atoms. The van der Waals surface area contributed by atoms with Crippen LogP contribution in [0.1, 0.15) is 32.6 Å². The lowest BCUT2D eigenvalue weighted by Gasteiger charge is -2.43. The molecule has 0 aromatic carbocycles. The van der Waals surface area contributed by atoms with E-state index in [1.807, 2.05) is 0 Å². The summed E-state index contributed by atoms with van der Waals surface area (Å²) in [6.07, 6.45) is 4.58. The fourth-order valence-electron chi connectivity index (χ4n) is 4.02. The number of rotatable bonds is 4. The Morgan fingerprint density at radius 1 is 1.26 bits per heavy atom. The van der Waals surface area contributed by atoms with Gasteiger partial charge in [0.25, 0.3) is 0 Å². The van der Waals surface area contributed by atoms with Gasteiger partial charge in [-0.25, -0.2) is 0 Å². The fourth-order valence-corrected chi connectivity index (χ4v) is 4.02. The molecular weight excluding hydrogens is 238 g/mol. The Morgan fingerprint density at radius 2 is 2.00 bits per heavy atom. The van der Waals surface area contributed by atoms with E-state index in [4.69, 9.17) is 5.73 Å². The van der Waals surface area contributed by atoms with Gasteiger partial charge in [-0.05, 0) is 51.7 Å². The summed E-state index contributed by atoms with van der Waals surface area (Å²) in [5, 5.41) is 10.0. The van der Waals surface area contributed by atoms with E-state index in [0.29, 0.717) is 18.0 Å². The number of β-amino-alcohol motifs (C(OH)–C–C–N with tert-alkyl or cyclic N) is 1. The standard InChI is InChI=1S/C15H31N3O/c1-11-4-5-12(8-16)15(6-11)18-10-14(19)7-13(18)9-17(2)3/h11-15,19H,4-10,16H2,1-3H3. The zero-order chi connectivity index (χ0) is 14.0. The van der Waals surface area contributed by atoms with Gasteiger partial charge in [0.05, 0.1) is 6.10 Å². The largest absolute Gasteiger partial charge is 0.392 e. The Kier molecular flexibility index (Phi) is 5.23. The Bertz CT molecular complexity index is 285. The third-order valence-electron chi connectivity index (χ3n) is 4.96. The highest BCUT2D eigenvalue weighted by molar-refractivity contribution is 4.95. The first-order valence-corrected chi connectivity index (χ1v) is 7.79. The summed E-state index contributed by atoms with van der Waals surface area (Å²) >= 11 is 0. The van der Waals surface area contributed by atoms with E-state index in [9.17, 15) is 5.11 Å². The highest BCUT2D eigenvalue weighted by atomic mass is 16.3. The molecule has 2 rings (SSSR count). The molecule has 2 aliphatic rings. The third-order valence-corrected chi connectivity index (χ3v) is 4.96. The van der Waals surface area contributed by atoms with Crippen molar-refractivity contribution >= 4 is 0 Å². The lowest BCUT2D eigenvalue weighted by molar-refractivity contribution is 0.0595. The van der Waals surface area contributed by atoms with Gasteiger partial charge in [0.2, 0.25) is 0 Å². The molecule has 112 valence electrons. The van der Waals surface area contributed by atoms with Gasteiger partial charge in [-0.15, -0.1) is 0 Å².